The first-order chi connectivity index (χ1) is 8.83. The van der Waals surface area contributed by atoms with Crippen molar-refractivity contribution in [3.63, 3.8) is 0 Å². The van der Waals surface area contributed by atoms with Gasteiger partial charge in [-0.1, -0.05) is 18.6 Å². The van der Waals surface area contributed by atoms with Crippen molar-refractivity contribution in [2.24, 2.45) is 0 Å². The zero-order valence-corrected chi connectivity index (χ0v) is 10.3. The Morgan fingerprint density at radius 3 is 2.00 bits per heavy atom. The third kappa shape index (κ3) is 2.96. The van der Waals surface area contributed by atoms with Crippen molar-refractivity contribution < 1.29 is 22.4 Å². The summed E-state index contributed by atoms with van der Waals surface area (Å²) in [5, 5.41) is 0. The van der Waals surface area contributed by atoms with E-state index in [-0.39, 0.29) is 18.4 Å². The standard InChI is InChI=1S/C14H14F4O/c15-13(8-2-1-3-9-13)12(19)10-4-6-11(7-5-10)14(16,17)18/h4-7H,1-3,8-9H2. The maximum absolute atomic E-state index is 14.4. The minimum Gasteiger partial charge on any atom is -0.291 e. The number of carbonyl (C=O) groups is 1. The van der Waals surface area contributed by atoms with Crippen molar-refractivity contribution in [3.05, 3.63) is 35.4 Å². The van der Waals surface area contributed by atoms with Crippen LogP contribution in [-0.2, 0) is 6.18 Å². The van der Waals surface area contributed by atoms with Gasteiger partial charge in [-0.3, -0.25) is 4.79 Å². The topological polar surface area (TPSA) is 17.1 Å². The van der Waals surface area contributed by atoms with Gasteiger partial charge in [0.15, 0.2) is 11.5 Å². The molecule has 0 spiro atoms. The molecule has 0 aromatic heterocycles. The second-order valence-electron chi connectivity index (χ2n) is 4.93. The van der Waals surface area contributed by atoms with Gasteiger partial charge in [-0.15, -0.1) is 0 Å². The number of hydrogen-bond donors (Lipinski definition) is 0. The normalized spacial score (nSPS) is 19.2. The molecule has 5 heteroatoms. The third-order valence-corrected chi connectivity index (χ3v) is 3.53. The summed E-state index contributed by atoms with van der Waals surface area (Å²) in [6.07, 6.45) is -1.95. The first-order valence-corrected chi connectivity index (χ1v) is 6.24. The Labute approximate surface area is 108 Å². The Morgan fingerprint density at radius 2 is 1.53 bits per heavy atom. The first kappa shape index (κ1) is 14.0. The SMILES string of the molecule is O=C(c1ccc(C(F)(F)F)cc1)C1(F)CCCCC1. The van der Waals surface area contributed by atoms with Crippen LogP contribution in [0.2, 0.25) is 0 Å². The molecule has 0 atom stereocenters. The summed E-state index contributed by atoms with van der Waals surface area (Å²) in [6.45, 7) is 0. The van der Waals surface area contributed by atoms with E-state index in [2.05, 4.69) is 0 Å². The van der Waals surface area contributed by atoms with Gasteiger partial charge in [-0.25, -0.2) is 4.39 Å². The predicted octanol–water partition coefficient (Wildman–Crippen LogP) is 4.56. The van der Waals surface area contributed by atoms with E-state index >= 15 is 0 Å². The van der Waals surface area contributed by atoms with Crippen LogP contribution >= 0.6 is 0 Å². The van der Waals surface area contributed by atoms with Gasteiger partial charge in [0, 0.05) is 5.56 Å². The number of carbonyl (C=O) groups excluding carboxylic acids is 1. The fourth-order valence-corrected chi connectivity index (χ4v) is 2.41. The van der Waals surface area contributed by atoms with Crippen molar-refractivity contribution in [2.45, 2.75) is 43.9 Å². The summed E-state index contributed by atoms with van der Waals surface area (Å²) in [6, 6.07) is 3.75. The van der Waals surface area contributed by atoms with Crippen LogP contribution in [0, 0.1) is 0 Å². The molecule has 1 aliphatic carbocycles. The lowest BCUT2D eigenvalue weighted by Crippen LogP contribution is -2.36. The zero-order chi connectivity index (χ0) is 14.1. The van der Waals surface area contributed by atoms with Gasteiger partial charge in [0.1, 0.15) is 0 Å². The Bertz CT molecular complexity index is 455. The molecule has 0 heterocycles. The van der Waals surface area contributed by atoms with E-state index in [1.165, 1.54) is 0 Å². The molecule has 0 amide bonds. The van der Waals surface area contributed by atoms with Crippen LogP contribution < -0.4 is 0 Å². The highest BCUT2D eigenvalue weighted by Crippen LogP contribution is 2.35. The monoisotopic (exact) mass is 274 g/mol. The lowest BCUT2D eigenvalue weighted by atomic mass is 9.81. The fraction of sp³-hybridized carbons (Fsp3) is 0.500. The van der Waals surface area contributed by atoms with E-state index in [0.717, 1.165) is 30.7 Å². The summed E-state index contributed by atoms with van der Waals surface area (Å²) < 4.78 is 51.6. The van der Waals surface area contributed by atoms with E-state index in [0.29, 0.717) is 12.8 Å². The molecule has 2 rings (SSSR count). The molecule has 1 nitrogen and oxygen atoms in total. The highest BCUT2D eigenvalue weighted by molar-refractivity contribution is 6.02. The average Bonchev–Trinajstić information content (AvgIpc) is 2.38. The molecule has 1 aromatic rings. The minimum absolute atomic E-state index is 0.0115. The van der Waals surface area contributed by atoms with Crippen LogP contribution in [0.15, 0.2) is 24.3 Å². The molecule has 1 saturated carbocycles. The van der Waals surface area contributed by atoms with E-state index in [1.54, 1.807) is 0 Å². The minimum atomic E-state index is -4.44. The van der Waals surface area contributed by atoms with Crippen LogP contribution in [0.25, 0.3) is 0 Å². The number of hydrogen-bond acceptors (Lipinski definition) is 1. The molecule has 1 aliphatic rings. The van der Waals surface area contributed by atoms with E-state index in [9.17, 15) is 22.4 Å². The molecule has 0 aliphatic heterocycles. The molecule has 0 unspecified atom stereocenters. The highest BCUT2D eigenvalue weighted by Gasteiger charge is 2.40. The Morgan fingerprint density at radius 1 is 1.00 bits per heavy atom. The molecule has 1 fully saturated rings. The first-order valence-electron chi connectivity index (χ1n) is 6.24. The van der Waals surface area contributed by atoms with Crippen LogP contribution in [0.5, 0.6) is 0 Å². The second-order valence-corrected chi connectivity index (χ2v) is 4.93. The summed E-state index contributed by atoms with van der Waals surface area (Å²) in [5.41, 5.74) is -2.73. The Hall–Kier alpha value is -1.39. The summed E-state index contributed by atoms with van der Waals surface area (Å²) in [5.74, 6) is -0.694. The smallest absolute Gasteiger partial charge is 0.291 e. The summed E-state index contributed by atoms with van der Waals surface area (Å²) >= 11 is 0. The number of halogens is 4. The largest absolute Gasteiger partial charge is 0.416 e. The molecule has 104 valence electrons. The third-order valence-electron chi connectivity index (χ3n) is 3.53. The quantitative estimate of drug-likeness (QED) is 0.570. The van der Waals surface area contributed by atoms with Gasteiger partial charge in [0.25, 0.3) is 0 Å². The number of Topliss-reactive ketones (excluding diaryl/α,β-unsaturated/α-hetero) is 1. The van der Waals surface area contributed by atoms with Crippen molar-refractivity contribution in [1.29, 1.82) is 0 Å². The van der Waals surface area contributed by atoms with Crippen LogP contribution in [-0.4, -0.2) is 11.5 Å². The van der Waals surface area contributed by atoms with Crippen molar-refractivity contribution >= 4 is 5.78 Å². The molecule has 19 heavy (non-hydrogen) atoms. The molecule has 0 saturated heterocycles. The van der Waals surface area contributed by atoms with Crippen molar-refractivity contribution in [3.8, 4) is 0 Å². The maximum Gasteiger partial charge on any atom is 0.416 e. The average molecular weight is 274 g/mol. The summed E-state index contributed by atoms with van der Waals surface area (Å²) in [7, 11) is 0. The van der Waals surface area contributed by atoms with E-state index in [1.807, 2.05) is 0 Å². The van der Waals surface area contributed by atoms with Gasteiger partial charge >= 0.3 is 6.18 Å². The lowest BCUT2D eigenvalue weighted by Gasteiger charge is -2.28. The van der Waals surface area contributed by atoms with Crippen molar-refractivity contribution in [2.75, 3.05) is 0 Å². The van der Waals surface area contributed by atoms with E-state index in [4.69, 9.17) is 0 Å². The van der Waals surface area contributed by atoms with Gasteiger partial charge in [-0.05, 0) is 37.8 Å². The number of ketones is 1. The predicted molar refractivity (Wildman–Crippen MR) is 62.7 cm³/mol. The second kappa shape index (κ2) is 4.94. The van der Waals surface area contributed by atoms with Crippen molar-refractivity contribution in [1.82, 2.24) is 0 Å². The maximum atomic E-state index is 14.4. The number of alkyl halides is 4. The molecule has 0 radical (unpaired) electrons. The molecular weight excluding hydrogens is 260 g/mol. The zero-order valence-electron chi connectivity index (χ0n) is 10.3. The van der Waals surface area contributed by atoms with Crippen LogP contribution in [0.4, 0.5) is 17.6 Å². The molecule has 0 bridgehead atoms. The Kier molecular flexibility index (Phi) is 3.65. The molecule has 0 N–H and O–H groups in total. The van der Waals surface area contributed by atoms with Crippen LogP contribution in [0.1, 0.15) is 48.0 Å². The van der Waals surface area contributed by atoms with Gasteiger partial charge < -0.3 is 0 Å². The number of benzene rings is 1. The van der Waals surface area contributed by atoms with E-state index < -0.39 is 23.2 Å². The van der Waals surface area contributed by atoms with Gasteiger partial charge in [-0.2, -0.15) is 13.2 Å². The number of rotatable bonds is 2. The van der Waals surface area contributed by atoms with Crippen LogP contribution in [0.3, 0.4) is 0 Å². The van der Waals surface area contributed by atoms with Gasteiger partial charge in [0.2, 0.25) is 0 Å². The lowest BCUT2D eigenvalue weighted by molar-refractivity contribution is -0.137. The van der Waals surface area contributed by atoms with Gasteiger partial charge in [0.05, 0.1) is 5.56 Å². The molecule has 1 aromatic carbocycles. The fourth-order valence-electron chi connectivity index (χ4n) is 2.41. The molecular formula is C14H14F4O. The summed E-state index contributed by atoms with van der Waals surface area (Å²) in [4.78, 5) is 12.0. The Balaban J connectivity index is 2.20. The highest BCUT2D eigenvalue weighted by atomic mass is 19.4.